The highest BCUT2D eigenvalue weighted by Crippen LogP contribution is 2.10. The van der Waals surface area contributed by atoms with E-state index >= 15 is 0 Å². The van der Waals surface area contributed by atoms with Crippen molar-refractivity contribution in [2.24, 2.45) is 0 Å². The molecule has 1 heterocycles. The fourth-order valence-corrected chi connectivity index (χ4v) is 1.26. The maximum absolute atomic E-state index is 11.5. The lowest BCUT2D eigenvalue weighted by molar-refractivity contribution is -0.118. The smallest absolute Gasteiger partial charge is 0.264 e. The van der Waals surface area contributed by atoms with Crippen LogP contribution in [0.2, 0.25) is 0 Å². The molecule has 0 saturated heterocycles. The minimum absolute atomic E-state index is 0.0657. The molecule has 5 nitrogen and oxygen atoms in total. The number of benzene rings is 1. The van der Waals surface area contributed by atoms with Crippen molar-refractivity contribution in [3.05, 3.63) is 42.1 Å². The lowest BCUT2D eigenvalue weighted by atomic mass is 10.3. The third-order valence-electron chi connectivity index (χ3n) is 2.00. The fourth-order valence-electron chi connectivity index (χ4n) is 1.26. The molecule has 2 rings (SSSR count). The number of aryl methyl sites for hydroxylation is 1. The summed E-state index contributed by atoms with van der Waals surface area (Å²) in [5.41, 5.74) is 0.712. The third-order valence-corrected chi connectivity index (χ3v) is 2.00. The molecule has 1 amide bonds. The van der Waals surface area contributed by atoms with Crippen LogP contribution >= 0.6 is 0 Å². The predicted molar refractivity (Wildman–Crippen MR) is 61.8 cm³/mol. The van der Waals surface area contributed by atoms with Gasteiger partial charge >= 0.3 is 0 Å². The Morgan fingerprint density at radius 2 is 2.18 bits per heavy atom. The summed E-state index contributed by atoms with van der Waals surface area (Å²) in [5, 5.41) is 6.20. The van der Waals surface area contributed by atoms with Crippen molar-refractivity contribution in [2.45, 2.75) is 6.92 Å². The molecule has 88 valence electrons. The van der Waals surface area contributed by atoms with E-state index in [0.717, 1.165) is 0 Å². The monoisotopic (exact) mass is 232 g/mol. The molecule has 0 atom stereocenters. The molecule has 0 spiro atoms. The first-order valence-electron chi connectivity index (χ1n) is 5.15. The Kier molecular flexibility index (Phi) is 3.40. The van der Waals surface area contributed by atoms with Gasteiger partial charge in [0.1, 0.15) is 5.75 Å². The van der Waals surface area contributed by atoms with E-state index in [2.05, 4.69) is 10.5 Å². The van der Waals surface area contributed by atoms with Crippen LogP contribution in [0.5, 0.6) is 5.75 Å². The van der Waals surface area contributed by atoms with E-state index in [-0.39, 0.29) is 12.5 Å². The van der Waals surface area contributed by atoms with E-state index in [4.69, 9.17) is 9.26 Å². The molecule has 5 heteroatoms. The van der Waals surface area contributed by atoms with Crippen molar-refractivity contribution < 1.29 is 14.1 Å². The summed E-state index contributed by atoms with van der Waals surface area (Å²) in [6, 6.07) is 10.8. The van der Waals surface area contributed by atoms with E-state index in [0.29, 0.717) is 17.3 Å². The number of nitrogens with zero attached hydrogens (tertiary/aromatic N) is 1. The van der Waals surface area contributed by atoms with Gasteiger partial charge in [-0.2, -0.15) is 0 Å². The Balaban J connectivity index is 1.82. The van der Waals surface area contributed by atoms with E-state index < -0.39 is 0 Å². The average Bonchev–Trinajstić information content (AvgIpc) is 2.73. The minimum atomic E-state index is -0.287. The van der Waals surface area contributed by atoms with Crippen molar-refractivity contribution in [3.63, 3.8) is 0 Å². The summed E-state index contributed by atoms with van der Waals surface area (Å²) >= 11 is 0. The molecule has 0 aliphatic carbocycles. The average molecular weight is 232 g/mol. The Labute approximate surface area is 98.4 Å². The molecule has 0 fully saturated rings. The molecule has 0 saturated carbocycles. The van der Waals surface area contributed by atoms with Crippen LogP contribution in [-0.2, 0) is 4.79 Å². The van der Waals surface area contributed by atoms with E-state index in [1.54, 1.807) is 25.1 Å². The van der Waals surface area contributed by atoms with Crippen LogP contribution in [0.4, 0.5) is 5.88 Å². The van der Waals surface area contributed by atoms with Gasteiger partial charge in [-0.1, -0.05) is 23.4 Å². The highest BCUT2D eigenvalue weighted by molar-refractivity contribution is 5.90. The lowest BCUT2D eigenvalue weighted by Gasteiger charge is -2.04. The molecular formula is C12H12N2O3. The highest BCUT2D eigenvalue weighted by Gasteiger charge is 2.06. The number of aromatic nitrogens is 1. The Hall–Kier alpha value is -2.30. The van der Waals surface area contributed by atoms with Crippen molar-refractivity contribution >= 4 is 11.8 Å². The van der Waals surface area contributed by atoms with Gasteiger partial charge in [-0.25, -0.2) is 0 Å². The van der Waals surface area contributed by atoms with Crippen LogP contribution in [0.3, 0.4) is 0 Å². The van der Waals surface area contributed by atoms with Gasteiger partial charge in [-0.05, 0) is 19.1 Å². The Bertz CT molecular complexity index is 493. The van der Waals surface area contributed by atoms with Gasteiger partial charge in [0.15, 0.2) is 6.61 Å². The largest absolute Gasteiger partial charge is 0.484 e. The zero-order valence-electron chi connectivity index (χ0n) is 9.34. The number of rotatable bonds is 4. The van der Waals surface area contributed by atoms with Gasteiger partial charge in [-0.15, -0.1) is 0 Å². The summed E-state index contributed by atoms with van der Waals surface area (Å²) < 4.78 is 10.1. The van der Waals surface area contributed by atoms with Crippen LogP contribution in [0.25, 0.3) is 0 Å². The van der Waals surface area contributed by atoms with Crippen molar-refractivity contribution in [3.8, 4) is 5.75 Å². The number of para-hydroxylation sites is 1. The molecule has 0 unspecified atom stereocenters. The molecule has 0 aliphatic heterocycles. The lowest BCUT2D eigenvalue weighted by Crippen LogP contribution is -2.19. The molecule has 1 aromatic carbocycles. The van der Waals surface area contributed by atoms with Gasteiger partial charge in [0.05, 0.1) is 5.69 Å². The number of carbonyl (C=O) groups is 1. The summed E-state index contributed by atoms with van der Waals surface area (Å²) in [5.74, 6) is 0.686. The maximum atomic E-state index is 11.5. The molecule has 0 bridgehead atoms. The van der Waals surface area contributed by atoms with Crippen LogP contribution in [0, 0.1) is 6.92 Å². The first kappa shape index (κ1) is 11.2. The van der Waals surface area contributed by atoms with E-state index in [1.807, 2.05) is 18.2 Å². The van der Waals surface area contributed by atoms with Gasteiger partial charge in [-0.3, -0.25) is 10.1 Å². The molecule has 17 heavy (non-hydrogen) atoms. The van der Waals surface area contributed by atoms with Gasteiger partial charge in [0.2, 0.25) is 5.88 Å². The number of ether oxygens (including phenoxy) is 1. The number of amides is 1. The number of hydrogen-bond acceptors (Lipinski definition) is 4. The SMILES string of the molecule is Cc1cc(NC(=O)COc2ccccc2)on1. The fraction of sp³-hybridized carbons (Fsp3) is 0.167. The van der Waals surface area contributed by atoms with Crippen LogP contribution in [0.1, 0.15) is 5.69 Å². The Morgan fingerprint density at radius 1 is 1.41 bits per heavy atom. The van der Waals surface area contributed by atoms with Crippen molar-refractivity contribution in [1.82, 2.24) is 5.16 Å². The first-order valence-corrected chi connectivity index (χ1v) is 5.15. The number of nitrogens with one attached hydrogen (secondary N) is 1. The molecule has 0 aliphatic rings. The summed E-state index contributed by atoms with van der Waals surface area (Å²) in [4.78, 5) is 11.5. The minimum Gasteiger partial charge on any atom is -0.484 e. The molecule has 1 aromatic heterocycles. The highest BCUT2D eigenvalue weighted by atomic mass is 16.5. The molecule has 2 aromatic rings. The summed E-state index contributed by atoms with van der Waals surface area (Å²) in [6.07, 6.45) is 0. The van der Waals surface area contributed by atoms with Crippen molar-refractivity contribution in [1.29, 1.82) is 0 Å². The molecule has 0 radical (unpaired) electrons. The zero-order valence-corrected chi connectivity index (χ0v) is 9.34. The standard InChI is InChI=1S/C12H12N2O3/c1-9-7-12(17-14-9)13-11(15)8-16-10-5-3-2-4-6-10/h2-7H,8H2,1H3,(H,13,15). The van der Waals surface area contributed by atoms with E-state index in [1.165, 1.54) is 0 Å². The maximum Gasteiger partial charge on any atom is 0.264 e. The van der Waals surface area contributed by atoms with Gasteiger partial charge in [0.25, 0.3) is 5.91 Å². The topological polar surface area (TPSA) is 64.4 Å². The zero-order chi connectivity index (χ0) is 12.1. The van der Waals surface area contributed by atoms with Gasteiger partial charge < -0.3 is 9.26 Å². The van der Waals surface area contributed by atoms with Crippen LogP contribution in [0.15, 0.2) is 40.9 Å². The predicted octanol–water partition coefficient (Wildman–Crippen LogP) is 2.00. The Morgan fingerprint density at radius 3 is 2.82 bits per heavy atom. The second kappa shape index (κ2) is 5.16. The van der Waals surface area contributed by atoms with Gasteiger partial charge in [0, 0.05) is 6.07 Å². The summed E-state index contributed by atoms with van der Waals surface area (Å²) in [6.45, 7) is 1.71. The second-order valence-corrected chi connectivity index (χ2v) is 3.48. The third kappa shape index (κ3) is 3.34. The van der Waals surface area contributed by atoms with Crippen molar-refractivity contribution in [2.75, 3.05) is 11.9 Å². The van der Waals surface area contributed by atoms with Crippen LogP contribution in [-0.4, -0.2) is 17.7 Å². The number of carbonyl (C=O) groups excluding carboxylic acids is 1. The van der Waals surface area contributed by atoms with Crippen LogP contribution < -0.4 is 10.1 Å². The normalized spacial score (nSPS) is 9.94. The second-order valence-electron chi connectivity index (χ2n) is 3.48. The number of hydrogen-bond donors (Lipinski definition) is 1. The number of anilines is 1. The molecular weight excluding hydrogens is 220 g/mol. The first-order chi connectivity index (χ1) is 8.24. The summed E-state index contributed by atoms with van der Waals surface area (Å²) in [7, 11) is 0. The van der Waals surface area contributed by atoms with E-state index in [9.17, 15) is 4.79 Å². The quantitative estimate of drug-likeness (QED) is 0.875. The molecule has 1 N–H and O–H groups in total.